The van der Waals surface area contributed by atoms with Crippen LogP contribution in [0.5, 0.6) is 0 Å². The van der Waals surface area contributed by atoms with Crippen LogP contribution in [0.3, 0.4) is 0 Å². The largest absolute Gasteiger partial charge is 0.385 e. The fraction of sp³-hybridized carbons (Fsp3) is 0.923. The second-order valence-corrected chi connectivity index (χ2v) is 5.55. The van der Waals surface area contributed by atoms with Crippen LogP contribution in [0, 0.1) is 6.10 Å². The molecule has 6 heteroatoms. The number of piperazine rings is 1. The van der Waals surface area contributed by atoms with Gasteiger partial charge in [0.1, 0.15) is 6.10 Å². The lowest BCUT2D eigenvalue weighted by Gasteiger charge is -2.51. The average molecular weight is 276 g/mol. The molecule has 0 unspecified atom stereocenters. The highest BCUT2D eigenvalue weighted by atomic mass is 19.3. The van der Waals surface area contributed by atoms with Crippen LogP contribution in [0.1, 0.15) is 19.8 Å². The van der Waals surface area contributed by atoms with Gasteiger partial charge in [0.05, 0.1) is 12.1 Å². The maximum atomic E-state index is 12.4. The minimum absolute atomic E-state index is 0.135. The summed E-state index contributed by atoms with van der Waals surface area (Å²) in [5, 5.41) is 13.4. The van der Waals surface area contributed by atoms with Gasteiger partial charge in [-0.15, -0.1) is 0 Å². The number of hydrogen-bond donors (Lipinski definition) is 2. The number of rotatable bonds is 4. The molecule has 2 N–H and O–H groups in total. The lowest BCUT2D eigenvalue weighted by atomic mass is 9.81. The summed E-state index contributed by atoms with van der Waals surface area (Å²) in [6.07, 6.45) is -0.00389. The maximum Gasteiger partial charge on any atom is 0.251 e. The summed E-state index contributed by atoms with van der Waals surface area (Å²) in [6.45, 7) is 6.26. The zero-order valence-corrected chi connectivity index (χ0v) is 11.5. The molecule has 2 aliphatic heterocycles. The van der Waals surface area contributed by atoms with E-state index in [1.54, 1.807) is 6.92 Å². The van der Waals surface area contributed by atoms with Crippen LogP contribution in [-0.4, -0.2) is 72.7 Å². The molecule has 2 aliphatic rings. The molecule has 0 bridgehead atoms. The topological polar surface area (TPSA) is 38.7 Å². The fourth-order valence-electron chi connectivity index (χ4n) is 3.30. The molecule has 0 aromatic rings. The summed E-state index contributed by atoms with van der Waals surface area (Å²) in [6, 6.07) is 0. The van der Waals surface area contributed by atoms with Crippen molar-refractivity contribution < 1.29 is 13.9 Å². The van der Waals surface area contributed by atoms with Gasteiger partial charge in [-0.05, 0) is 32.9 Å². The van der Waals surface area contributed by atoms with E-state index in [-0.39, 0.29) is 12.1 Å². The van der Waals surface area contributed by atoms with Crippen molar-refractivity contribution in [1.29, 1.82) is 0 Å². The van der Waals surface area contributed by atoms with Crippen molar-refractivity contribution in [2.75, 3.05) is 45.8 Å². The number of halogens is 2. The molecule has 2 heterocycles. The fourth-order valence-corrected chi connectivity index (χ4v) is 3.30. The van der Waals surface area contributed by atoms with Crippen LogP contribution in [0.2, 0.25) is 0 Å². The van der Waals surface area contributed by atoms with Gasteiger partial charge in [0, 0.05) is 26.2 Å². The first-order chi connectivity index (χ1) is 9.04. The van der Waals surface area contributed by atoms with Gasteiger partial charge in [-0.1, -0.05) is 0 Å². The van der Waals surface area contributed by atoms with E-state index in [0.717, 1.165) is 39.0 Å². The Morgan fingerprint density at radius 1 is 1.21 bits per heavy atom. The Labute approximate surface area is 113 Å². The Kier molecular flexibility index (Phi) is 5.11. The van der Waals surface area contributed by atoms with Gasteiger partial charge in [0.15, 0.2) is 0 Å². The summed E-state index contributed by atoms with van der Waals surface area (Å²) < 4.78 is 24.7. The first-order valence-corrected chi connectivity index (χ1v) is 7.04. The summed E-state index contributed by atoms with van der Waals surface area (Å²) in [7, 11) is 0. The van der Waals surface area contributed by atoms with Crippen molar-refractivity contribution in [3.63, 3.8) is 0 Å². The molecule has 0 atom stereocenters. The third-order valence-electron chi connectivity index (χ3n) is 4.48. The molecule has 19 heavy (non-hydrogen) atoms. The summed E-state index contributed by atoms with van der Waals surface area (Å²) in [5.74, 6) is 0. The van der Waals surface area contributed by atoms with Gasteiger partial charge in [0.25, 0.3) is 6.43 Å². The molecule has 0 aromatic heterocycles. The molecule has 2 fully saturated rings. The van der Waals surface area contributed by atoms with E-state index in [0.29, 0.717) is 19.2 Å². The molecule has 2 saturated heterocycles. The van der Waals surface area contributed by atoms with E-state index in [1.165, 1.54) is 0 Å². The number of aliphatic hydroxyl groups excluding tert-OH is 1. The Morgan fingerprint density at radius 3 is 2.26 bits per heavy atom. The number of hydrogen-bond acceptors (Lipinski definition) is 4. The third kappa shape index (κ3) is 3.42. The predicted molar refractivity (Wildman–Crippen MR) is 69.7 cm³/mol. The van der Waals surface area contributed by atoms with E-state index >= 15 is 0 Å². The highest BCUT2D eigenvalue weighted by Crippen LogP contribution is 2.34. The highest BCUT2D eigenvalue weighted by molar-refractivity contribution is 5.08. The van der Waals surface area contributed by atoms with Gasteiger partial charge in [-0.3, -0.25) is 9.80 Å². The number of nitrogens with zero attached hydrogens (tertiary/aromatic N) is 2. The zero-order chi connectivity index (χ0) is 13.9. The van der Waals surface area contributed by atoms with Crippen LogP contribution in [0.15, 0.2) is 0 Å². The SMILES string of the molecule is C[C](O)C1(N2CCN(CC(F)F)CC2)CCNCC1. The average Bonchev–Trinajstić information content (AvgIpc) is 2.39. The lowest BCUT2D eigenvalue weighted by Crippen LogP contribution is -2.62. The van der Waals surface area contributed by atoms with E-state index in [1.807, 2.05) is 4.90 Å². The molecule has 0 amide bonds. The van der Waals surface area contributed by atoms with Crippen molar-refractivity contribution in [3.8, 4) is 0 Å². The van der Waals surface area contributed by atoms with Crippen molar-refractivity contribution in [2.45, 2.75) is 31.7 Å². The molecular formula is C13H24F2N3O. The number of alkyl halides is 2. The van der Waals surface area contributed by atoms with E-state index in [9.17, 15) is 13.9 Å². The first-order valence-electron chi connectivity index (χ1n) is 7.04. The standard InChI is InChI=1S/C13H24F2N3O/c1-11(19)13(2-4-16-5-3-13)18-8-6-17(7-9-18)10-12(14)15/h12,16,19H,2-10H2,1H3. The van der Waals surface area contributed by atoms with Crippen molar-refractivity contribution in [1.82, 2.24) is 15.1 Å². The molecule has 0 aromatic carbocycles. The van der Waals surface area contributed by atoms with Gasteiger partial charge in [0.2, 0.25) is 0 Å². The molecule has 1 radical (unpaired) electrons. The number of aliphatic hydroxyl groups is 1. The normalized spacial score (nSPS) is 26.2. The van der Waals surface area contributed by atoms with Gasteiger partial charge in [-0.2, -0.15) is 0 Å². The van der Waals surface area contributed by atoms with Gasteiger partial charge < -0.3 is 10.4 Å². The molecule has 0 aliphatic carbocycles. The van der Waals surface area contributed by atoms with E-state index < -0.39 is 6.43 Å². The monoisotopic (exact) mass is 276 g/mol. The number of nitrogens with one attached hydrogen (secondary N) is 1. The molecule has 2 rings (SSSR count). The predicted octanol–water partition coefficient (Wildman–Crippen LogP) is 0.916. The Hall–Kier alpha value is -0.300. The smallest absolute Gasteiger partial charge is 0.251 e. The summed E-state index contributed by atoms with van der Waals surface area (Å²) >= 11 is 0. The Morgan fingerprint density at radius 2 is 1.79 bits per heavy atom. The highest BCUT2D eigenvalue weighted by Gasteiger charge is 2.43. The summed E-state index contributed by atoms with van der Waals surface area (Å²) in [5.41, 5.74) is -0.248. The van der Waals surface area contributed by atoms with Crippen LogP contribution in [-0.2, 0) is 0 Å². The van der Waals surface area contributed by atoms with Crippen molar-refractivity contribution >= 4 is 0 Å². The molecular weight excluding hydrogens is 252 g/mol. The van der Waals surface area contributed by atoms with Crippen LogP contribution in [0.4, 0.5) is 8.78 Å². The minimum Gasteiger partial charge on any atom is -0.385 e. The molecule has 4 nitrogen and oxygen atoms in total. The Bertz CT molecular complexity index is 275. The minimum atomic E-state index is -2.26. The third-order valence-corrected chi connectivity index (χ3v) is 4.48. The summed E-state index contributed by atoms with van der Waals surface area (Å²) in [4.78, 5) is 4.09. The molecule has 111 valence electrons. The van der Waals surface area contributed by atoms with Crippen LogP contribution >= 0.6 is 0 Å². The van der Waals surface area contributed by atoms with Crippen LogP contribution < -0.4 is 5.32 Å². The van der Waals surface area contributed by atoms with E-state index in [2.05, 4.69) is 10.2 Å². The zero-order valence-electron chi connectivity index (χ0n) is 11.5. The van der Waals surface area contributed by atoms with Crippen molar-refractivity contribution in [2.24, 2.45) is 0 Å². The Balaban J connectivity index is 1.94. The van der Waals surface area contributed by atoms with Crippen molar-refractivity contribution in [3.05, 3.63) is 6.10 Å². The second kappa shape index (κ2) is 6.43. The molecule has 0 saturated carbocycles. The first kappa shape index (κ1) is 15.1. The van der Waals surface area contributed by atoms with Crippen LogP contribution in [0.25, 0.3) is 0 Å². The van der Waals surface area contributed by atoms with Gasteiger partial charge in [-0.25, -0.2) is 8.78 Å². The lowest BCUT2D eigenvalue weighted by molar-refractivity contribution is -0.0262. The van der Waals surface area contributed by atoms with E-state index in [4.69, 9.17) is 0 Å². The maximum absolute atomic E-state index is 12.4. The van der Waals surface area contributed by atoms with Gasteiger partial charge >= 0.3 is 0 Å². The number of piperidine rings is 1. The molecule has 0 spiro atoms. The second-order valence-electron chi connectivity index (χ2n) is 5.55. The quantitative estimate of drug-likeness (QED) is 0.801.